The van der Waals surface area contributed by atoms with Crippen LogP contribution in [-0.2, 0) is 12.7 Å². The molecule has 8 heteroatoms. The molecular weight excluding hydrogens is 291 g/mol. The Bertz CT molecular complexity index is 611. The number of nitrogens with one attached hydrogen (secondary N) is 1. The van der Waals surface area contributed by atoms with Crippen molar-refractivity contribution < 1.29 is 18.0 Å². The number of alkyl halides is 3. The normalized spacial score (nSPS) is 11.3. The first-order valence-corrected chi connectivity index (χ1v) is 6.40. The topological polar surface area (TPSA) is 68.0 Å². The molecule has 20 heavy (non-hydrogen) atoms. The predicted molar refractivity (Wildman–Crippen MR) is 69.1 cm³/mol. The standard InChI is InChI=1S/C12H10F3N3OS/c13-12(14,15)8-3-1-2-7(10(8)16)11(19)18-6-9-17-4-5-20-9/h1-5H,6,16H2,(H,18,19). The lowest BCUT2D eigenvalue weighted by molar-refractivity contribution is -0.136. The number of para-hydroxylation sites is 1. The number of anilines is 1. The third-order valence-corrected chi connectivity index (χ3v) is 3.32. The van der Waals surface area contributed by atoms with E-state index in [9.17, 15) is 18.0 Å². The number of halogens is 3. The summed E-state index contributed by atoms with van der Waals surface area (Å²) in [4.78, 5) is 15.8. The van der Waals surface area contributed by atoms with Gasteiger partial charge < -0.3 is 11.1 Å². The molecule has 3 N–H and O–H groups in total. The van der Waals surface area contributed by atoms with Gasteiger partial charge in [-0.05, 0) is 12.1 Å². The lowest BCUT2D eigenvalue weighted by Crippen LogP contribution is -2.24. The van der Waals surface area contributed by atoms with Gasteiger partial charge in [-0.1, -0.05) is 6.07 Å². The van der Waals surface area contributed by atoms with Crippen LogP contribution < -0.4 is 11.1 Å². The number of amides is 1. The SMILES string of the molecule is Nc1c(C(=O)NCc2nccs2)cccc1C(F)(F)F. The van der Waals surface area contributed by atoms with Crippen LogP contribution in [0.4, 0.5) is 18.9 Å². The van der Waals surface area contributed by atoms with Crippen LogP contribution in [0.2, 0.25) is 0 Å². The van der Waals surface area contributed by atoms with E-state index in [1.807, 2.05) is 0 Å². The first-order chi connectivity index (χ1) is 9.39. The molecule has 0 radical (unpaired) electrons. The highest BCUT2D eigenvalue weighted by Gasteiger charge is 2.34. The molecule has 1 aromatic carbocycles. The Kier molecular flexibility index (Phi) is 3.93. The van der Waals surface area contributed by atoms with Crippen molar-refractivity contribution >= 4 is 22.9 Å². The molecule has 1 aromatic heterocycles. The lowest BCUT2D eigenvalue weighted by Gasteiger charge is -2.13. The van der Waals surface area contributed by atoms with Crippen LogP contribution >= 0.6 is 11.3 Å². The molecule has 2 rings (SSSR count). The fraction of sp³-hybridized carbons (Fsp3) is 0.167. The van der Waals surface area contributed by atoms with E-state index in [-0.39, 0.29) is 12.1 Å². The van der Waals surface area contributed by atoms with E-state index in [1.165, 1.54) is 17.4 Å². The molecule has 106 valence electrons. The van der Waals surface area contributed by atoms with E-state index in [2.05, 4.69) is 10.3 Å². The van der Waals surface area contributed by atoms with Crippen molar-refractivity contribution in [1.29, 1.82) is 0 Å². The minimum absolute atomic E-state index is 0.145. The Hall–Kier alpha value is -2.09. The number of benzene rings is 1. The second-order valence-corrected chi connectivity index (χ2v) is 4.85. The molecule has 0 bridgehead atoms. The van der Waals surface area contributed by atoms with Gasteiger partial charge in [-0.25, -0.2) is 4.98 Å². The van der Waals surface area contributed by atoms with Gasteiger partial charge >= 0.3 is 6.18 Å². The molecule has 0 fully saturated rings. The predicted octanol–water partition coefficient (Wildman–Crippen LogP) is 2.67. The summed E-state index contributed by atoms with van der Waals surface area (Å²) in [5.41, 5.74) is 3.64. The summed E-state index contributed by atoms with van der Waals surface area (Å²) >= 11 is 1.33. The quantitative estimate of drug-likeness (QED) is 0.856. The molecule has 0 saturated carbocycles. The molecular formula is C12H10F3N3OS. The minimum Gasteiger partial charge on any atom is -0.398 e. The Labute approximate surface area is 116 Å². The van der Waals surface area contributed by atoms with Crippen LogP contribution in [0, 0.1) is 0 Å². The van der Waals surface area contributed by atoms with E-state index in [1.54, 1.807) is 11.6 Å². The minimum atomic E-state index is -4.59. The third-order valence-electron chi connectivity index (χ3n) is 2.54. The van der Waals surface area contributed by atoms with Crippen molar-refractivity contribution in [3.8, 4) is 0 Å². The van der Waals surface area contributed by atoms with Crippen LogP contribution in [0.3, 0.4) is 0 Å². The number of carbonyl (C=O) groups is 1. The average molecular weight is 301 g/mol. The number of nitrogens with two attached hydrogens (primary N) is 1. The molecule has 0 aliphatic heterocycles. The molecule has 0 saturated heterocycles. The summed E-state index contributed by atoms with van der Waals surface area (Å²) in [7, 11) is 0. The van der Waals surface area contributed by atoms with Gasteiger partial charge in [0.05, 0.1) is 23.4 Å². The van der Waals surface area contributed by atoms with Crippen molar-refractivity contribution in [1.82, 2.24) is 10.3 Å². The van der Waals surface area contributed by atoms with Gasteiger partial charge in [-0.3, -0.25) is 4.79 Å². The van der Waals surface area contributed by atoms with E-state index in [0.29, 0.717) is 5.01 Å². The lowest BCUT2D eigenvalue weighted by atomic mass is 10.1. The zero-order chi connectivity index (χ0) is 14.8. The van der Waals surface area contributed by atoms with E-state index < -0.39 is 23.3 Å². The van der Waals surface area contributed by atoms with Crippen LogP contribution in [-0.4, -0.2) is 10.9 Å². The Morgan fingerprint density at radius 3 is 2.75 bits per heavy atom. The summed E-state index contributed by atoms with van der Waals surface area (Å²) in [6.45, 7) is 0.145. The van der Waals surface area contributed by atoms with Crippen molar-refractivity contribution in [2.24, 2.45) is 0 Å². The number of hydrogen-bond acceptors (Lipinski definition) is 4. The van der Waals surface area contributed by atoms with Crippen molar-refractivity contribution in [3.63, 3.8) is 0 Å². The first-order valence-electron chi connectivity index (χ1n) is 5.52. The Morgan fingerprint density at radius 2 is 2.15 bits per heavy atom. The maximum Gasteiger partial charge on any atom is 0.418 e. The zero-order valence-electron chi connectivity index (χ0n) is 10.1. The molecule has 4 nitrogen and oxygen atoms in total. The van der Waals surface area contributed by atoms with Gasteiger partial charge in [0.2, 0.25) is 0 Å². The Balaban J connectivity index is 2.18. The summed E-state index contributed by atoms with van der Waals surface area (Å²) in [6.07, 6.45) is -3.01. The van der Waals surface area contributed by atoms with E-state index in [4.69, 9.17) is 5.73 Å². The monoisotopic (exact) mass is 301 g/mol. The number of carbonyl (C=O) groups excluding carboxylic acids is 1. The zero-order valence-corrected chi connectivity index (χ0v) is 10.9. The highest BCUT2D eigenvalue weighted by molar-refractivity contribution is 7.09. The van der Waals surface area contributed by atoms with Gasteiger partial charge in [0.25, 0.3) is 5.91 Å². The number of rotatable bonds is 3. The van der Waals surface area contributed by atoms with Gasteiger partial charge in [0.1, 0.15) is 5.01 Å². The highest BCUT2D eigenvalue weighted by atomic mass is 32.1. The molecule has 0 unspecified atom stereocenters. The second-order valence-electron chi connectivity index (χ2n) is 3.87. The molecule has 0 aliphatic carbocycles. The van der Waals surface area contributed by atoms with Crippen molar-refractivity contribution in [3.05, 3.63) is 45.9 Å². The maximum atomic E-state index is 12.7. The Morgan fingerprint density at radius 1 is 1.40 bits per heavy atom. The summed E-state index contributed by atoms with van der Waals surface area (Å²) in [6, 6.07) is 3.24. The molecule has 0 aliphatic rings. The van der Waals surface area contributed by atoms with Gasteiger partial charge in [0, 0.05) is 11.6 Å². The van der Waals surface area contributed by atoms with E-state index >= 15 is 0 Å². The summed E-state index contributed by atoms with van der Waals surface area (Å²) in [5, 5.41) is 4.88. The number of thiazole rings is 1. The number of hydrogen-bond donors (Lipinski definition) is 2. The van der Waals surface area contributed by atoms with E-state index in [0.717, 1.165) is 12.1 Å². The van der Waals surface area contributed by atoms with Crippen molar-refractivity contribution in [2.75, 3.05) is 5.73 Å². The van der Waals surface area contributed by atoms with Crippen LogP contribution in [0.1, 0.15) is 20.9 Å². The van der Waals surface area contributed by atoms with Gasteiger partial charge in [-0.15, -0.1) is 11.3 Å². The average Bonchev–Trinajstić information content (AvgIpc) is 2.88. The third kappa shape index (κ3) is 3.08. The van der Waals surface area contributed by atoms with Crippen LogP contribution in [0.5, 0.6) is 0 Å². The maximum absolute atomic E-state index is 12.7. The summed E-state index contributed by atoms with van der Waals surface area (Å²) < 4.78 is 38.0. The highest BCUT2D eigenvalue weighted by Crippen LogP contribution is 2.34. The van der Waals surface area contributed by atoms with Crippen molar-refractivity contribution in [2.45, 2.75) is 12.7 Å². The number of nitrogens with zero attached hydrogens (tertiary/aromatic N) is 1. The first kappa shape index (κ1) is 14.3. The number of nitrogen functional groups attached to an aromatic ring is 1. The largest absolute Gasteiger partial charge is 0.418 e. The summed E-state index contributed by atoms with van der Waals surface area (Å²) in [5.74, 6) is -0.663. The smallest absolute Gasteiger partial charge is 0.398 e. The molecule has 0 spiro atoms. The van der Waals surface area contributed by atoms with Gasteiger partial charge in [0.15, 0.2) is 0 Å². The number of aromatic nitrogens is 1. The van der Waals surface area contributed by atoms with Gasteiger partial charge in [-0.2, -0.15) is 13.2 Å². The fourth-order valence-electron chi connectivity index (χ4n) is 1.60. The molecule has 2 aromatic rings. The molecule has 0 atom stereocenters. The van der Waals surface area contributed by atoms with Crippen LogP contribution in [0.15, 0.2) is 29.8 Å². The fourth-order valence-corrected chi connectivity index (χ4v) is 2.16. The van der Waals surface area contributed by atoms with Crippen LogP contribution in [0.25, 0.3) is 0 Å². The molecule has 1 amide bonds. The molecule has 1 heterocycles. The second kappa shape index (κ2) is 5.49.